The zero-order chi connectivity index (χ0) is 15.3. The van der Waals surface area contributed by atoms with E-state index in [4.69, 9.17) is 10.5 Å². The van der Waals surface area contributed by atoms with Gasteiger partial charge in [0.05, 0.1) is 5.41 Å². The molecule has 1 unspecified atom stereocenters. The van der Waals surface area contributed by atoms with Crippen molar-refractivity contribution in [3.05, 3.63) is 35.9 Å². The van der Waals surface area contributed by atoms with E-state index in [0.29, 0.717) is 31.6 Å². The van der Waals surface area contributed by atoms with Crippen LogP contribution in [0, 0.1) is 5.41 Å². The molecule has 1 heterocycles. The summed E-state index contributed by atoms with van der Waals surface area (Å²) in [6.45, 7) is 1.12. The minimum atomic E-state index is -1.09. The van der Waals surface area contributed by atoms with Gasteiger partial charge in [-0.3, -0.25) is 4.79 Å². The van der Waals surface area contributed by atoms with E-state index in [2.05, 4.69) is 5.32 Å². The molecule has 1 amide bonds. The third-order valence-electron chi connectivity index (χ3n) is 3.98. The fourth-order valence-corrected chi connectivity index (χ4v) is 2.50. The van der Waals surface area contributed by atoms with E-state index in [0.717, 1.165) is 0 Å². The fraction of sp³-hybridized carbons (Fsp3) is 0.467. The molecule has 114 valence electrons. The Morgan fingerprint density at radius 1 is 1.29 bits per heavy atom. The highest BCUT2D eigenvalue weighted by atomic mass is 16.5. The summed E-state index contributed by atoms with van der Waals surface area (Å²) in [5.74, 6) is -1.40. The van der Waals surface area contributed by atoms with Crippen LogP contribution in [0.4, 0.5) is 0 Å². The molecule has 0 aliphatic carbocycles. The molecule has 1 aromatic carbocycles. The van der Waals surface area contributed by atoms with Crippen LogP contribution in [0.5, 0.6) is 0 Å². The van der Waals surface area contributed by atoms with E-state index < -0.39 is 17.4 Å². The molecule has 1 fully saturated rings. The molecule has 2 rings (SSSR count). The van der Waals surface area contributed by atoms with Crippen LogP contribution in [0.15, 0.2) is 30.3 Å². The molecule has 0 spiro atoms. The van der Waals surface area contributed by atoms with Crippen LogP contribution >= 0.6 is 0 Å². The maximum atomic E-state index is 12.5. The summed E-state index contributed by atoms with van der Waals surface area (Å²) >= 11 is 0. The van der Waals surface area contributed by atoms with Gasteiger partial charge in [-0.05, 0) is 18.4 Å². The van der Waals surface area contributed by atoms with E-state index in [1.54, 1.807) is 30.3 Å². The Labute approximate surface area is 123 Å². The zero-order valence-corrected chi connectivity index (χ0v) is 11.7. The predicted octanol–water partition coefficient (Wildman–Crippen LogP) is 0.684. The lowest BCUT2D eigenvalue weighted by Crippen LogP contribution is -2.51. The molecular weight excluding hydrogens is 272 g/mol. The quantitative estimate of drug-likeness (QED) is 0.741. The maximum absolute atomic E-state index is 12.5. The van der Waals surface area contributed by atoms with Gasteiger partial charge in [0.25, 0.3) is 0 Å². The standard InChI is InChI=1S/C15H20N2O4/c16-10-15(6-8-21-9-7-15)14(20)17-12(13(18)19)11-4-2-1-3-5-11/h1-5,12H,6-10,16H2,(H,17,20)(H,18,19). The third kappa shape index (κ3) is 3.40. The molecular formula is C15H20N2O4. The number of ether oxygens (including phenoxy) is 1. The van der Waals surface area contributed by atoms with Crippen molar-refractivity contribution in [2.45, 2.75) is 18.9 Å². The molecule has 6 heteroatoms. The number of rotatable bonds is 5. The van der Waals surface area contributed by atoms with E-state index >= 15 is 0 Å². The lowest BCUT2D eigenvalue weighted by molar-refractivity contribution is -0.145. The molecule has 0 saturated carbocycles. The van der Waals surface area contributed by atoms with E-state index in [-0.39, 0.29) is 12.5 Å². The van der Waals surface area contributed by atoms with Gasteiger partial charge in [0.15, 0.2) is 6.04 Å². The van der Waals surface area contributed by atoms with E-state index in [9.17, 15) is 14.7 Å². The van der Waals surface area contributed by atoms with Crippen LogP contribution in [-0.4, -0.2) is 36.7 Å². The number of carboxylic acids is 1. The van der Waals surface area contributed by atoms with Crippen LogP contribution in [0.25, 0.3) is 0 Å². The lowest BCUT2D eigenvalue weighted by Gasteiger charge is -2.35. The normalized spacial score (nSPS) is 18.7. The predicted molar refractivity (Wildman–Crippen MR) is 76.5 cm³/mol. The SMILES string of the molecule is NCC1(C(=O)NC(C(=O)O)c2ccccc2)CCOCC1. The van der Waals surface area contributed by atoms with Crippen molar-refractivity contribution in [3.8, 4) is 0 Å². The highest BCUT2D eigenvalue weighted by Gasteiger charge is 2.40. The molecule has 1 aliphatic rings. The Balaban J connectivity index is 2.16. The number of carbonyl (C=O) groups is 2. The van der Waals surface area contributed by atoms with Gasteiger partial charge >= 0.3 is 5.97 Å². The van der Waals surface area contributed by atoms with Gasteiger partial charge in [-0.25, -0.2) is 4.79 Å². The Bertz CT molecular complexity index is 498. The molecule has 1 saturated heterocycles. The first-order valence-corrected chi connectivity index (χ1v) is 6.95. The molecule has 21 heavy (non-hydrogen) atoms. The summed E-state index contributed by atoms with van der Waals surface area (Å²) in [4.78, 5) is 24.0. The second kappa shape index (κ2) is 6.69. The average Bonchev–Trinajstić information content (AvgIpc) is 2.53. The monoisotopic (exact) mass is 292 g/mol. The molecule has 1 atom stereocenters. The zero-order valence-electron chi connectivity index (χ0n) is 11.7. The van der Waals surface area contributed by atoms with Crippen molar-refractivity contribution in [1.29, 1.82) is 0 Å². The minimum Gasteiger partial charge on any atom is -0.479 e. The van der Waals surface area contributed by atoms with Gasteiger partial charge in [-0.2, -0.15) is 0 Å². The van der Waals surface area contributed by atoms with Gasteiger partial charge in [0.2, 0.25) is 5.91 Å². The highest BCUT2D eigenvalue weighted by Crippen LogP contribution is 2.30. The van der Waals surface area contributed by atoms with Gasteiger partial charge in [0, 0.05) is 19.8 Å². The molecule has 0 bridgehead atoms. The number of benzene rings is 1. The van der Waals surface area contributed by atoms with Crippen molar-refractivity contribution in [3.63, 3.8) is 0 Å². The summed E-state index contributed by atoms with van der Waals surface area (Å²) in [5, 5.41) is 12.0. The number of nitrogens with two attached hydrogens (primary N) is 1. The van der Waals surface area contributed by atoms with Crippen molar-refractivity contribution < 1.29 is 19.4 Å². The van der Waals surface area contributed by atoms with Gasteiger partial charge in [-0.15, -0.1) is 0 Å². The summed E-state index contributed by atoms with van der Waals surface area (Å²) in [5.41, 5.74) is 5.57. The smallest absolute Gasteiger partial charge is 0.330 e. The summed E-state index contributed by atoms with van der Waals surface area (Å²) < 4.78 is 5.26. The first-order valence-electron chi connectivity index (χ1n) is 6.95. The van der Waals surface area contributed by atoms with E-state index in [1.807, 2.05) is 0 Å². The van der Waals surface area contributed by atoms with Gasteiger partial charge in [0.1, 0.15) is 0 Å². The van der Waals surface area contributed by atoms with Crippen LogP contribution in [0.2, 0.25) is 0 Å². The molecule has 1 aliphatic heterocycles. The third-order valence-corrected chi connectivity index (χ3v) is 3.98. The molecule has 1 aromatic rings. The Morgan fingerprint density at radius 3 is 2.43 bits per heavy atom. The van der Waals surface area contributed by atoms with Crippen molar-refractivity contribution in [2.75, 3.05) is 19.8 Å². The molecule has 0 radical (unpaired) electrons. The van der Waals surface area contributed by atoms with Crippen molar-refractivity contribution in [2.24, 2.45) is 11.1 Å². The fourth-order valence-electron chi connectivity index (χ4n) is 2.50. The van der Waals surface area contributed by atoms with Gasteiger partial charge in [-0.1, -0.05) is 30.3 Å². The number of hydrogen-bond donors (Lipinski definition) is 3. The van der Waals surface area contributed by atoms with Crippen LogP contribution < -0.4 is 11.1 Å². The number of amides is 1. The summed E-state index contributed by atoms with van der Waals surface area (Å²) in [6.07, 6.45) is 1.02. The van der Waals surface area contributed by atoms with Crippen LogP contribution in [0.1, 0.15) is 24.4 Å². The molecule has 6 nitrogen and oxygen atoms in total. The van der Waals surface area contributed by atoms with Gasteiger partial charge < -0.3 is 20.9 Å². The second-order valence-electron chi connectivity index (χ2n) is 5.25. The van der Waals surface area contributed by atoms with Crippen molar-refractivity contribution in [1.82, 2.24) is 5.32 Å². The first kappa shape index (κ1) is 15.5. The topological polar surface area (TPSA) is 102 Å². The summed E-state index contributed by atoms with van der Waals surface area (Å²) in [7, 11) is 0. The Kier molecular flexibility index (Phi) is 4.93. The number of carboxylic acid groups (broad SMARTS) is 1. The maximum Gasteiger partial charge on any atom is 0.330 e. The number of carbonyl (C=O) groups excluding carboxylic acids is 1. The Hall–Kier alpha value is -1.92. The average molecular weight is 292 g/mol. The number of nitrogens with one attached hydrogen (secondary N) is 1. The first-order chi connectivity index (χ1) is 10.1. The molecule has 4 N–H and O–H groups in total. The largest absolute Gasteiger partial charge is 0.479 e. The molecule has 0 aromatic heterocycles. The highest BCUT2D eigenvalue weighted by molar-refractivity contribution is 5.88. The van der Waals surface area contributed by atoms with E-state index in [1.165, 1.54) is 0 Å². The van der Waals surface area contributed by atoms with Crippen molar-refractivity contribution >= 4 is 11.9 Å². The lowest BCUT2D eigenvalue weighted by atomic mass is 9.79. The number of hydrogen-bond acceptors (Lipinski definition) is 4. The Morgan fingerprint density at radius 2 is 1.90 bits per heavy atom. The number of aliphatic carboxylic acids is 1. The van der Waals surface area contributed by atoms with Crippen LogP contribution in [-0.2, 0) is 14.3 Å². The second-order valence-corrected chi connectivity index (χ2v) is 5.25. The minimum absolute atomic E-state index is 0.184. The van der Waals surface area contributed by atoms with Crippen LogP contribution in [0.3, 0.4) is 0 Å². The summed E-state index contributed by atoms with van der Waals surface area (Å²) in [6, 6.07) is 7.57.